The van der Waals surface area contributed by atoms with E-state index in [1.807, 2.05) is 30.5 Å². The summed E-state index contributed by atoms with van der Waals surface area (Å²) in [5, 5.41) is 3.75. The number of methoxy groups -OCH3 is 2. The zero-order chi connectivity index (χ0) is 19.4. The lowest BCUT2D eigenvalue weighted by atomic mass is 10.0. The SMILES string of the molecule is COC(=O)[C@H](Cc1c[nH]c2ccccc12)NC(=O)c1cc(C)ncc1OC. The molecule has 0 fully saturated rings. The van der Waals surface area contributed by atoms with E-state index in [0.29, 0.717) is 23.4 Å². The van der Waals surface area contributed by atoms with Crippen molar-refractivity contribution in [1.82, 2.24) is 15.3 Å². The van der Waals surface area contributed by atoms with Gasteiger partial charge < -0.3 is 19.8 Å². The molecule has 3 aromatic rings. The topological polar surface area (TPSA) is 93.3 Å². The molecule has 0 aliphatic heterocycles. The Morgan fingerprint density at radius 2 is 2.04 bits per heavy atom. The molecule has 27 heavy (non-hydrogen) atoms. The summed E-state index contributed by atoms with van der Waals surface area (Å²) in [6.07, 6.45) is 3.62. The summed E-state index contributed by atoms with van der Waals surface area (Å²) in [4.78, 5) is 32.3. The molecule has 2 heterocycles. The number of nitrogens with one attached hydrogen (secondary N) is 2. The van der Waals surface area contributed by atoms with E-state index in [-0.39, 0.29) is 0 Å². The number of amides is 1. The van der Waals surface area contributed by atoms with Gasteiger partial charge in [-0.25, -0.2) is 4.79 Å². The Bertz CT molecular complexity index is 980. The van der Waals surface area contributed by atoms with Crippen LogP contribution in [0.15, 0.2) is 42.7 Å². The highest BCUT2D eigenvalue weighted by Crippen LogP contribution is 2.21. The van der Waals surface area contributed by atoms with E-state index >= 15 is 0 Å². The van der Waals surface area contributed by atoms with E-state index in [1.165, 1.54) is 20.4 Å². The number of ether oxygens (including phenoxy) is 2. The molecular formula is C20H21N3O4. The van der Waals surface area contributed by atoms with Crippen molar-refractivity contribution in [2.24, 2.45) is 0 Å². The average molecular weight is 367 g/mol. The Labute approximate surface area is 156 Å². The molecule has 0 spiro atoms. The fourth-order valence-electron chi connectivity index (χ4n) is 2.98. The van der Waals surface area contributed by atoms with Gasteiger partial charge in [0.2, 0.25) is 0 Å². The van der Waals surface area contributed by atoms with Gasteiger partial charge in [-0.15, -0.1) is 0 Å². The summed E-state index contributed by atoms with van der Waals surface area (Å²) in [5.74, 6) is -0.597. The number of H-pyrrole nitrogens is 1. The van der Waals surface area contributed by atoms with Crippen molar-refractivity contribution in [3.05, 3.63) is 59.5 Å². The molecule has 2 aromatic heterocycles. The zero-order valence-electron chi connectivity index (χ0n) is 15.4. The van der Waals surface area contributed by atoms with Crippen molar-refractivity contribution in [2.45, 2.75) is 19.4 Å². The van der Waals surface area contributed by atoms with Gasteiger partial charge in [0.05, 0.1) is 26.0 Å². The van der Waals surface area contributed by atoms with E-state index in [4.69, 9.17) is 9.47 Å². The van der Waals surface area contributed by atoms with Crippen LogP contribution in [0, 0.1) is 6.92 Å². The minimum Gasteiger partial charge on any atom is -0.494 e. The standard InChI is InChI=1S/C20H21N3O4/c1-12-8-15(18(26-2)11-21-12)19(24)23-17(20(25)27-3)9-13-10-22-16-7-5-4-6-14(13)16/h4-8,10-11,17,22H,9H2,1-3H3,(H,23,24)/t17-/m0/s1. The Kier molecular flexibility index (Phi) is 5.40. The van der Waals surface area contributed by atoms with Crippen LogP contribution in [0.25, 0.3) is 10.9 Å². The molecule has 2 N–H and O–H groups in total. The summed E-state index contributed by atoms with van der Waals surface area (Å²) >= 11 is 0. The summed E-state index contributed by atoms with van der Waals surface area (Å²) < 4.78 is 10.1. The number of esters is 1. The fourth-order valence-corrected chi connectivity index (χ4v) is 2.98. The van der Waals surface area contributed by atoms with Gasteiger partial charge in [-0.05, 0) is 24.6 Å². The summed E-state index contributed by atoms with van der Waals surface area (Å²) in [7, 11) is 2.76. The van der Waals surface area contributed by atoms with Crippen molar-refractivity contribution >= 4 is 22.8 Å². The number of nitrogens with zero attached hydrogens (tertiary/aromatic N) is 1. The molecule has 0 saturated carbocycles. The van der Waals surface area contributed by atoms with Crippen LogP contribution in [0.5, 0.6) is 5.75 Å². The van der Waals surface area contributed by atoms with Gasteiger partial charge in [0.1, 0.15) is 11.8 Å². The molecule has 1 amide bonds. The van der Waals surface area contributed by atoms with Gasteiger partial charge >= 0.3 is 5.97 Å². The Hall–Kier alpha value is -3.35. The first-order valence-corrected chi connectivity index (χ1v) is 8.47. The number of carbonyl (C=O) groups excluding carboxylic acids is 2. The molecule has 140 valence electrons. The van der Waals surface area contributed by atoms with Crippen LogP contribution < -0.4 is 10.1 Å². The number of aromatic amines is 1. The number of pyridine rings is 1. The minimum atomic E-state index is -0.833. The number of para-hydroxylation sites is 1. The van der Waals surface area contributed by atoms with E-state index in [9.17, 15) is 9.59 Å². The predicted octanol–water partition coefficient (Wildman–Crippen LogP) is 2.39. The Balaban J connectivity index is 1.87. The second kappa shape index (κ2) is 7.90. The van der Waals surface area contributed by atoms with Gasteiger partial charge in [0, 0.05) is 29.2 Å². The second-order valence-corrected chi connectivity index (χ2v) is 6.14. The normalized spacial score (nSPS) is 11.8. The third-order valence-corrected chi connectivity index (χ3v) is 4.36. The van der Waals surface area contributed by atoms with Crippen LogP contribution >= 0.6 is 0 Å². The monoisotopic (exact) mass is 367 g/mol. The Morgan fingerprint density at radius 1 is 1.26 bits per heavy atom. The first kappa shape index (κ1) is 18.4. The van der Waals surface area contributed by atoms with Crippen LogP contribution in [-0.2, 0) is 16.0 Å². The van der Waals surface area contributed by atoms with Gasteiger partial charge in [-0.3, -0.25) is 9.78 Å². The zero-order valence-corrected chi connectivity index (χ0v) is 15.4. The van der Waals surface area contributed by atoms with Crippen LogP contribution in [0.2, 0.25) is 0 Å². The molecule has 0 aliphatic rings. The highest BCUT2D eigenvalue weighted by molar-refractivity contribution is 5.99. The quantitative estimate of drug-likeness (QED) is 0.653. The van der Waals surface area contributed by atoms with Gasteiger partial charge in [0.15, 0.2) is 0 Å². The van der Waals surface area contributed by atoms with Gasteiger partial charge in [-0.2, -0.15) is 0 Å². The maximum absolute atomic E-state index is 12.8. The highest BCUT2D eigenvalue weighted by atomic mass is 16.5. The molecule has 0 radical (unpaired) electrons. The first-order chi connectivity index (χ1) is 13.0. The lowest BCUT2D eigenvalue weighted by molar-refractivity contribution is -0.142. The molecule has 7 nitrogen and oxygen atoms in total. The second-order valence-electron chi connectivity index (χ2n) is 6.14. The lowest BCUT2D eigenvalue weighted by Gasteiger charge is -2.17. The molecule has 1 aromatic carbocycles. The number of hydrogen-bond donors (Lipinski definition) is 2. The molecular weight excluding hydrogens is 346 g/mol. The average Bonchev–Trinajstić information content (AvgIpc) is 3.09. The molecule has 7 heteroatoms. The molecule has 0 saturated heterocycles. The maximum Gasteiger partial charge on any atom is 0.328 e. The highest BCUT2D eigenvalue weighted by Gasteiger charge is 2.25. The van der Waals surface area contributed by atoms with Crippen molar-refractivity contribution in [1.29, 1.82) is 0 Å². The minimum absolute atomic E-state index is 0.300. The van der Waals surface area contributed by atoms with Crippen LogP contribution in [-0.4, -0.2) is 42.1 Å². The number of benzene rings is 1. The molecule has 0 aliphatic carbocycles. The first-order valence-electron chi connectivity index (χ1n) is 8.47. The van der Waals surface area contributed by atoms with Crippen LogP contribution in [0.4, 0.5) is 0 Å². The smallest absolute Gasteiger partial charge is 0.328 e. The van der Waals surface area contributed by atoms with E-state index in [0.717, 1.165) is 16.5 Å². The fraction of sp³-hybridized carbons (Fsp3) is 0.250. The predicted molar refractivity (Wildman–Crippen MR) is 101 cm³/mol. The number of rotatable bonds is 6. The van der Waals surface area contributed by atoms with Crippen molar-refractivity contribution < 1.29 is 19.1 Å². The largest absolute Gasteiger partial charge is 0.494 e. The summed E-state index contributed by atoms with van der Waals surface area (Å²) in [5.41, 5.74) is 2.87. The maximum atomic E-state index is 12.8. The Morgan fingerprint density at radius 3 is 2.78 bits per heavy atom. The molecule has 0 bridgehead atoms. The molecule has 3 rings (SSSR count). The third kappa shape index (κ3) is 3.92. The van der Waals surface area contributed by atoms with Crippen LogP contribution in [0.3, 0.4) is 0 Å². The van der Waals surface area contributed by atoms with E-state index in [2.05, 4.69) is 15.3 Å². The van der Waals surface area contributed by atoms with E-state index in [1.54, 1.807) is 13.0 Å². The summed E-state index contributed by atoms with van der Waals surface area (Å²) in [6, 6.07) is 8.56. The number of fused-ring (bicyclic) bond motifs is 1. The lowest BCUT2D eigenvalue weighted by Crippen LogP contribution is -2.43. The molecule has 0 unspecified atom stereocenters. The third-order valence-electron chi connectivity index (χ3n) is 4.36. The number of aromatic nitrogens is 2. The van der Waals surface area contributed by atoms with Crippen molar-refractivity contribution in [2.75, 3.05) is 14.2 Å². The number of aryl methyl sites for hydroxylation is 1. The van der Waals surface area contributed by atoms with Gasteiger partial charge in [0.25, 0.3) is 5.91 Å². The van der Waals surface area contributed by atoms with E-state index < -0.39 is 17.9 Å². The number of hydrogen-bond acceptors (Lipinski definition) is 5. The van der Waals surface area contributed by atoms with Crippen molar-refractivity contribution in [3.8, 4) is 5.75 Å². The van der Waals surface area contributed by atoms with Gasteiger partial charge in [-0.1, -0.05) is 18.2 Å². The van der Waals surface area contributed by atoms with Crippen molar-refractivity contribution in [3.63, 3.8) is 0 Å². The number of carbonyl (C=O) groups is 2. The molecule has 1 atom stereocenters. The summed E-state index contributed by atoms with van der Waals surface area (Å²) in [6.45, 7) is 1.78. The van der Waals surface area contributed by atoms with Crippen LogP contribution in [0.1, 0.15) is 21.6 Å².